The van der Waals surface area contributed by atoms with Gasteiger partial charge < -0.3 is 19.3 Å². The summed E-state index contributed by atoms with van der Waals surface area (Å²) >= 11 is 1.41. The van der Waals surface area contributed by atoms with Crippen LogP contribution < -0.4 is 0 Å². The van der Waals surface area contributed by atoms with Crippen molar-refractivity contribution in [1.29, 1.82) is 0 Å². The molecule has 11 atom stereocenters. The van der Waals surface area contributed by atoms with Gasteiger partial charge >= 0.3 is 5.97 Å². The first-order valence-corrected chi connectivity index (χ1v) is 14.3. The molecule has 0 amide bonds. The summed E-state index contributed by atoms with van der Waals surface area (Å²) in [5.41, 5.74) is -3.85. The Kier molecular flexibility index (Phi) is 5.78. The number of halogens is 2. The molecule has 6 rings (SSSR count). The molecule has 0 unspecified atom stereocenters. The van der Waals surface area contributed by atoms with Crippen molar-refractivity contribution in [3.8, 4) is 0 Å². The first-order chi connectivity index (χ1) is 17.0. The van der Waals surface area contributed by atoms with Gasteiger partial charge in [-0.2, -0.15) is 0 Å². The van der Waals surface area contributed by atoms with Crippen LogP contribution in [0.4, 0.5) is 8.78 Å². The minimum Gasteiger partial charge on any atom is -0.465 e. The molecule has 5 fully saturated rings. The molecule has 6 aliphatic rings. The number of aliphatic hydroxyl groups is 1. The largest absolute Gasteiger partial charge is 0.465 e. The highest BCUT2D eigenvalue weighted by atomic mass is 32.2. The monoisotopic (exact) mass is 526 g/mol. The Morgan fingerprint density at radius 1 is 1.22 bits per heavy atom. The maximum absolute atomic E-state index is 17.5. The zero-order valence-corrected chi connectivity index (χ0v) is 22.0. The summed E-state index contributed by atoms with van der Waals surface area (Å²) in [5.74, 6) is -1.53. The van der Waals surface area contributed by atoms with Crippen LogP contribution >= 0.6 is 11.8 Å². The van der Waals surface area contributed by atoms with Gasteiger partial charge in [-0.25, -0.2) is 8.78 Å². The quantitative estimate of drug-likeness (QED) is 0.543. The maximum Gasteiger partial charge on any atom is 0.319 e. The highest BCUT2D eigenvalue weighted by molar-refractivity contribution is 8.01. The van der Waals surface area contributed by atoms with Crippen molar-refractivity contribution >= 4 is 23.5 Å². The van der Waals surface area contributed by atoms with Crippen LogP contribution in [-0.2, 0) is 23.8 Å². The molecule has 4 aliphatic carbocycles. The van der Waals surface area contributed by atoms with Crippen molar-refractivity contribution in [2.45, 2.75) is 113 Å². The Morgan fingerprint density at radius 3 is 2.69 bits per heavy atom. The fourth-order valence-electron chi connectivity index (χ4n) is 8.66. The third-order valence-corrected chi connectivity index (χ3v) is 12.3. The number of ether oxygens (including phenoxy) is 3. The number of fused-ring (bicyclic) bond motifs is 7. The van der Waals surface area contributed by atoms with Crippen LogP contribution in [0.25, 0.3) is 0 Å². The van der Waals surface area contributed by atoms with Crippen LogP contribution in [0.5, 0.6) is 0 Å². The van der Waals surface area contributed by atoms with E-state index in [1.807, 2.05) is 13.8 Å². The molecule has 200 valence electrons. The van der Waals surface area contributed by atoms with Crippen LogP contribution in [0.3, 0.4) is 0 Å². The predicted octanol–water partition coefficient (Wildman–Crippen LogP) is 4.43. The average molecular weight is 527 g/mol. The molecule has 0 aromatic heterocycles. The molecule has 0 aromatic carbocycles. The van der Waals surface area contributed by atoms with Gasteiger partial charge in [-0.3, -0.25) is 9.59 Å². The standard InChI is InChI=1S/C27H36F2O6S/c1-4-5-22-34-21-12-15-16-11-18(28)17-10-14(30)6-8-24(17,2)26(16,29)20(31)13-25(15,3)27(21,35-22)36-19-7-9-33-23(19)32/h10,15-16,18-22,31H,4-9,11-13H2,1-3H3/t15-,16-,18-,19+,20-,21+,22+,24-,25-,26-,27-/m0/s1. The molecule has 0 bridgehead atoms. The third kappa shape index (κ3) is 3.06. The number of rotatable bonds is 4. The maximum atomic E-state index is 17.5. The summed E-state index contributed by atoms with van der Waals surface area (Å²) in [6, 6.07) is 0. The number of aliphatic hydroxyl groups excluding tert-OH is 1. The van der Waals surface area contributed by atoms with E-state index in [9.17, 15) is 14.7 Å². The summed E-state index contributed by atoms with van der Waals surface area (Å²) in [5, 5.41) is 11.2. The number of ketones is 1. The molecule has 9 heteroatoms. The molecule has 0 radical (unpaired) electrons. The Morgan fingerprint density at radius 2 is 2.00 bits per heavy atom. The van der Waals surface area contributed by atoms with Gasteiger partial charge in [0.1, 0.15) is 28.1 Å². The van der Waals surface area contributed by atoms with Crippen molar-refractivity contribution < 1.29 is 37.7 Å². The van der Waals surface area contributed by atoms with Gasteiger partial charge in [0.2, 0.25) is 0 Å². The number of carbonyl (C=O) groups excluding carboxylic acids is 2. The van der Waals surface area contributed by atoms with Gasteiger partial charge in [0.15, 0.2) is 12.1 Å². The van der Waals surface area contributed by atoms with Crippen molar-refractivity contribution in [1.82, 2.24) is 0 Å². The molecule has 2 saturated heterocycles. The highest BCUT2D eigenvalue weighted by Crippen LogP contribution is 2.74. The van der Waals surface area contributed by atoms with E-state index in [1.54, 1.807) is 6.92 Å². The Balaban J connectivity index is 1.42. The lowest BCUT2D eigenvalue weighted by Crippen LogP contribution is -2.70. The molecule has 0 aromatic rings. The van der Waals surface area contributed by atoms with E-state index in [4.69, 9.17) is 14.2 Å². The SMILES string of the molecule is CCC[C@@H]1O[C@@H]2C[C@H]3[C@@H]4C[C@H](F)C5=CC(=O)CC[C@]5(C)[C@@]4(F)[C@@H](O)C[C@]3(C)[C@]2(S[C@@H]2CCOC2=O)O1. The lowest BCUT2D eigenvalue weighted by atomic mass is 9.44. The van der Waals surface area contributed by atoms with Gasteiger partial charge in [-0.1, -0.05) is 27.2 Å². The number of thioether (sulfide) groups is 1. The second-order valence-corrected chi connectivity index (χ2v) is 13.6. The predicted molar refractivity (Wildman–Crippen MR) is 128 cm³/mol. The molecule has 1 N–H and O–H groups in total. The number of cyclic esters (lactones) is 1. The molecule has 2 heterocycles. The number of hydrogen-bond acceptors (Lipinski definition) is 7. The van der Waals surface area contributed by atoms with E-state index in [-0.39, 0.29) is 48.9 Å². The minimum atomic E-state index is -2.06. The van der Waals surface area contributed by atoms with Crippen LogP contribution in [0.1, 0.15) is 72.1 Å². The number of alkyl halides is 2. The van der Waals surface area contributed by atoms with E-state index in [0.717, 1.165) is 6.42 Å². The number of carbonyl (C=O) groups is 2. The summed E-state index contributed by atoms with van der Waals surface area (Å²) < 4.78 is 51.5. The molecule has 36 heavy (non-hydrogen) atoms. The van der Waals surface area contributed by atoms with Crippen LogP contribution in [0.15, 0.2) is 11.6 Å². The Hall–Kier alpha value is -1.03. The Labute approximate surface area is 214 Å². The topological polar surface area (TPSA) is 82.1 Å². The molecular formula is C27H36F2O6S. The van der Waals surface area contributed by atoms with Gasteiger partial charge in [-0.05, 0) is 49.7 Å². The zero-order valence-electron chi connectivity index (χ0n) is 21.1. The lowest BCUT2D eigenvalue weighted by molar-refractivity contribution is -0.232. The third-order valence-electron chi connectivity index (χ3n) is 10.5. The average Bonchev–Trinajstić information content (AvgIpc) is 3.44. The number of allylic oxidation sites excluding steroid dienone is 1. The summed E-state index contributed by atoms with van der Waals surface area (Å²) in [4.78, 5) is 23.7. The normalized spacial score (nSPS) is 53.8. The first-order valence-electron chi connectivity index (χ1n) is 13.4. The van der Waals surface area contributed by atoms with Crippen molar-refractivity contribution in [3.63, 3.8) is 0 Å². The second-order valence-electron chi connectivity index (χ2n) is 12.1. The van der Waals surface area contributed by atoms with Gasteiger partial charge in [0, 0.05) is 29.6 Å². The molecule has 6 nitrogen and oxygen atoms in total. The second kappa shape index (κ2) is 8.23. The fraction of sp³-hybridized carbons (Fsp3) is 0.852. The summed E-state index contributed by atoms with van der Waals surface area (Å²) in [6.45, 7) is 6.10. The zero-order chi connectivity index (χ0) is 25.7. The van der Waals surface area contributed by atoms with E-state index < -0.39 is 57.3 Å². The van der Waals surface area contributed by atoms with Gasteiger partial charge in [0.25, 0.3) is 0 Å². The molecular weight excluding hydrogens is 490 g/mol. The van der Waals surface area contributed by atoms with E-state index in [2.05, 4.69) is 0 Å². The highest BCUT2D eigenvalue weighted by Gasteiger charge is 2.79. The fourth-order valence-corrected chi connectivity index (χ4v) is 10.4. The lowest BCUT2D eigenvalue weighted by Gasteiger charge is -2.64. The molecule has 3 saturated carbocycles. The van der Waals surface area contributed by atoms with Crippen LogP contribution in [-0.4, -0.2) is 64.0 Å². The van der Waals surface area contributed by atoms with Crippen LogP contribution in [0, 0.1) is 22.7 Å². The smallest absolute Gasteiger partial charge is 0.319 e. The van der Waals surface area contributed by atoms with E-state index >= 15 is 8.78 Å². The van der Waals surface area contributed by atoms with Gasteiger partial charge in [-0.15, -0.1) is 11.8 Å². The number of esters is 1. The van der Waals surface area contributed by atoms with Crippen molar-refractivity contribution in [2.24, 2.45) is 22.7 Å². The minimum absolute atomic E-state index is 0.0835. The molecule has 2 aliphatic heterocycles. The van der Waals surface area contributed by atoms with E-state index in [0.29, 0.717) is 25.9 Å². The summed E-state index contributed by atoms with van der Waals surface area (Å²) in [7, 11) is 0. The van der Waals surface area contributed by atoms with Crippen molar-refractivity contribution in [2.75, 3.05) is 6.61 Å². The van der Waals surface area contributed by atoms with E-state index in [1.165, 1.54) is 17.8 Å². The summed E-state index contributed by atoms with van der Waals surface area (Å²) in [6.07, 6.45) is 0.628. The molecule has 0 spiro atoms. The number of hydrogen-bond donors (Lipinski definition) is 1. The van der Waals surface area contributed by atoms with Gasteiger partial charge in [0.05, 0.1) is 12.7 Å². The first kappa shape index (κ1) is 25.3. The Bertz CT molecular complexity index is 1010. The van der Waals surface area contributed by atoms with Crippen LogP contribution in [0.2, 0.25) is 0 Å². The van der Waals surface area contributed by atoms with Crippen molar-refractivity contribution in [3.05, 3.63) is 11.6 Å².